The smallest absolute Gasteiger partial charge is 0.325 e. The van der Waals surface area contributed by atoms with Crippen molar-refractivity contribution in [2.24, 2.45) is 5.41 Å². The minimum Gasteiger partial charge on any atom is -0.369 e. The molecule has 1 saturated carbocycles. The molecular formula is C16H17N5O3. The molecule has 0 atom stereocenters. The minimum atomic E-state index is -0.555. The van der Waals surface area contributed by atoms with E-state index in [1.807, 2.05) is 13.0 Å². The summed E-state index contributed by atoms with van der Waals surface area (Å²) >= 11 is 0. The number of Topliss-reactive ketones (excluding diaryl/α,β-unsaturated/α-hetero) is 1. The molecule has 2 aliphatic rings. The number of carbonyl (C=O) groups is 1. The fraction of sp³-hybridized carbons (Fsp3) is 0.438. The Hall–Kier alpha value is -2.77. The molecule has 0 radical (unpaired) electrons. The molecule has 2 fully saturated rings. The SMILES string of the molecule is Cc1nnc(-c2c[nH]c(=O)[nH]c2=O)cc1N1CCC2(CC(=O)C2)C1. The van der Waals surface area contributed by atoms with Crippen LogP contribution in [0.15, 0.2) is 21.9 Å². The van der Waals surface area contributed by atoms with E-state index < -0.39 is 11.2 Å². The largest absolute Gasteiger partial charge is 0.369 e. The standard InChI is InChI=1S/C16H17N5O3/c1-9-13(21-3-2-16(8-21)5-10(22)6-16)4-12(20-19-9)11-7-17-15(24)18-14(11)23/h4,7H,2-3,5-6,8H2,1H3,(H2,17,18,23,24). The summed E-state index contributed by atoms with van der Waals surface area (Å²) in [5, 5.41) is 8.25. The van der Waals surface area contributed by atoms with Gasteiger partial charge in [-0.2, -0.15) is 5.10 Å². The second kappa shape index (κ2) is 5.12. The van der Waals surface area contributed by atoms with Crippen LogP contribution >= 0.6 is 0 Å². The molecule has 124 valence electrons. The van der Waals surface area contributed by atoms with Gasteiger partial charge < -0.3 is 9.88 Å². The van der Waals surface area contributed by atoms with Crippen molar-refractivity contribution in [3.63, 3.8) is 0 Å². The van der Waals surface area contributed by atoms with Gasteiger partial charge in [0.15, 0.2) is 0 Å². The van der Waals surface area contributed by atoms with Crippen LogP contribution in [0, 0.1) is 12.3 Å². The predicted molar refractivity (Wildman–Crippen MR) is 87.0 cm³/mol. The maximum atomic E-state index is 12.0. The van der Waals surface area contributed by atoms with E-state index in [0.717, 1.165) is 30.9 Å². The van der Waals surface area contributed by atoms with Crippen LogP contribution < -0.4 is 16.1 Å². The summed E-state index contributed by atoms with van der Waals surface area (Å²) < 4.78 is 0. The van der Waals surface area contributed by atoms with Gasteiger partial charge in [-0.05, 0) is 19.4 Å². The molecule has 2 aromatic heterocycles. The molecule has 0 unspecified atom stereocenters. The lowest BCUT2D eigenvalue weighted by atomic mass is 9.67. The summed E-state index contributed by atoms with van der Waals surface area (Å²) in [4.78, 5) is 41.3. The summed E-state index contributed by atoms with van der Waals surface area (Å²) in [5.41, 5.74) is 1.45. The number of nitrogens with one attached hydrogen (secondary N) is 2. The zero-order valence-electron chi connectivity index (χ0n) is 13.3. The van der Waals surface area contributed by atoms with E-state index in [1.165, 1.54) is 6.20 Å². The van der Waals surface area contributed by atoms with Crippen molar-refractivity contribution in [1.29, 1.82) is 0 Å². The highest BCUT2D eigenvalue weighted by Crippen LogP contribution is 2.47. The molecule has 1 aliphatic carbocycles. The number of hydrogen-bond donors (Lipinski definition) is 2. The summed E-state index contributed by atoms with van der Waals surface area (Å²) in [6, 6.07) is 1.82. The van der Waals surface area contributed by atoms with Gasteiger partial charge in [0.25, 0.3) is 5.56 Å². The number of carbonyl (C=O) groups excluding carboxylic acids is 1. The molecule has 0 bridgehead atoms. The molecule has 0 amide bonds. The quantitative estimate of drug-likeness (QED) is 0.825. The molecular weight excluding hydrogens is 310 g/mol. The zero-order valence-corrected chi connectivity index (χ0v) is 13.3. The molecule has 1 aliphatic heterocycles. The fourth-order valence-corrected chi connectivity index (χ4v) is 3.71. The van der Waals surface area contributed by atoms with Gasteiger partial charge in [-0.25, -0.2) is 4.79 Å². The van der Waals surface area contributed by atoms with Crippen LogP contribution in [0.1, 0.15) is 25.0 Å². The Balaban J connectivity index is 1.68. The lowest BCUT2D eigenvalue weighted by molar-refractivity contribution is -0.131. The van der Waals surface area contributed by atoms with Crippen LogP contribution in [-0.2, 0) is 4.79 Å². The number of aryl methyl sites for hydroxylation is 1. The third kappa shape index (κ3) is 2.34. The van der Waals surface area contributed by atoms with E-state index in [2.05, 4.69) is 25.1 Å². The van der Waals surface area contributed by atoms with Crippen molar-refractivity contribution in [2.45, 2.75) is 26.2 Å². The topological polar surface area (TPSA) is 112 Å². The summed E-state index contributed by atoms with van der Waals surface area (Å²) in [5.74, 6) is 0.335. The molecule has 24 heavy (non-hydrogen) atoms. The van der Waals surface area contributed by atoms with E-state index in [4.69, 9.17) is 0 Å². The summed E-state index contributed by atoms with van der Waals surface area (Å²) in [7, 11) is 0. The number of aromatic amines is 2. The monoisotopic (exact) mass is 327 g/mol. The number of rotatable bonds is 2. The van der Waals surface area contributed by atoms with Crippen molar-refractivity contribution in [1.82, 2.24) is 20.2 Å². The van der Waals surface area contributed by atoms with Gasteiger partial charge in [-0.1, -0.05) is 0 Å². The maximum absolute atomic E-state index is 12.0. The molecule has 8 heteroatoms. The molecule has 3 heterocycles. The van der Waals surface area contributed by atoms with E-state index in [1.54, 1.807) is 0 Å². The minimum absolute atomic E-state index is 0.114. The Labute approximate surface area is 136 Å². The Morgan fingerprint density at radius 3 is 2.71 bits per heavy atom. The first kappa shape index (κ1) is 14.8. The van der Waals surface area contributed by atoms with Crippen LogP contribution in [0.3, 0.4) is 0 Å². The Morgan fingerprint density at radius 2 is 2.00 bits per heavy atom. The van der Waals surface area contributed by atoms with Crippen molar-refractivity contribution < 1.29 is 4.79 Å². The van der Waals surface area contributed by atoms with Crippen molar-refractivity contribution in [3.8, 4) is 11.3 Å². The van der Waals surface area contributed by atoms with Gasteiger partial charge in [0.1, 0.15) is 11.5 Å². The number of nitrogens with zero attached hydrogens (tertiary/aromatic N) is 3. The Morgan fingerprint density at radius 1 is 1.21 bits per heavy atom. The van der Waals surface area contributed by atoms with Crippen molar-refractivity contribution >= 4 is 11.5 Å². The first-order valence-corrected chi connectivity index (χ1v) is 7.89. The van der Waals surface area contributed by atoms with Crippen LogP contribution in [0.5, 0.6) is 0 Å². The first-order valence-electron chi connectivity index (χ1n) is 7.89. The van der Waals surface area contributed by atoms with Gasteiger partial charge in [0, 0.05) is 37.5 Å². The molecule has 1 saturated heterocycles. The number of H-pyrrole nitrogens is 2. The summed E-state index contributed by atoms with van der Waals surface area (Å²) in [6.07, 6.45) is 3.66. The van der Waals surface area contributed by atoms with E-state index in [9.17, 15) is 14.4 Å². The second-order valence-corrected chi connectivity index (χ2v) is 6.75. The van der Waals surface area contributed by atoms with Crippen LogP contribution in [-0.4, -0.2) is 39.0 Å². The molecule has 2 N–H and O–H groups in total. The van der Waals surface area contributed by atoms with Crippen LogP contribution in [0.25, 0.3) is 11.3 Å². The van der Waals surface area contributed by atoms with Gasteiger partial charge in [-0.3, -0.25) is 14.6 Å². The molecule has 0 aromatic carbocycles. The lowest BCUT2D eigenvalue weighted by Crippen LogP contribution is -2.40. The molecule has 8 nitrogen and oxygen atoms in total. The predicted octanol–water partition coefficient (Wildman–Crippen LogP) is 0.388. The maximum Gasteiger partial charge on any atom is 0.325 e. The zero-order chi connectivity index (χ0) is 16.9. The molecule has 1 spiro atoms. The third-order valence-corrected chi connectivity index (χ3v) is 4.97. The van der Waals surface area contributed by atoms with E-state index in [0.29, 0.717) is 24.3 Å². The number of anilines is 1. The average molecular weight is 327 g/mol. The van der Waals surface area contributed by atoms with Gasteiger partial charge in [-0.15, -0.1) is 5.10 Å². The second-order valence-electron chi connectivity index (χ2n) is 6.75. The lowest BCUT2D eigenvalue weighted by Gasteiger charge is -2.36. The third-order valence-electron chi connectivity index (χ3n) is 4.97. The van der Waals surface area contributed by atoms with E-state index >= 15 is 0 Å². The van der Waals surface area contributed by atoms with Gasteiger partial charge in [0.2, 0.25) is 0 Å². The van der Waals surface area contributed by atoms with Crippen molar-refractivity contribution in [2.75, 3.05) is 18.0 Å². The summed E-state index contributed by atoms with van der Waals surface area (Å²) in [6.45, 7) is 3.56. The number of hydrogen-bond acceptors (Lipinski definition) is 6. The van der Waals surface area contributed by atoms with E-state index in [-0.39, 0.29) is 11.0 Å². The fourth-order valence-electron chi connectivity index (χ4n) is 3.71. The molecule has 2 aromatic rings. The van der Waals surface area contributed by atoms with Crippen molar-refractivity contribution in [3.05, 3.63) is 38.8 Å². The first-order chi connectivity index (χ1) is 11.5. The highest BCUT2D eigenvalue weighted by molar-refractivity contribution is 5.86. The average Bonchev–Trinajstić information content (AvgIpc) is 2.93. The number of ketones is 1. The number of aromatic nitrogens is 4. The normalized spacial score (nSPS) is 18.9. The van der Waals surface area contributed by atoms with Gasteiger partial charge in [0.05, 0.1) is 16.9 Å². The van der Waals surface area contributed by atoms with Crippen LogP contribution in [0.2, 0.25) is 0 Å². The molecule has 4 rings (SSSR count). The Bertz CT molecular complexity index is 937. The highest BCUT2D eigenvalue weighted by atomic mass is 16.2. The van der Waals surface area contributed by atoms with Gasteiger partial charge >= 0.3 is 5.69 Å². The van der Waals surface area contributed by atoms with Crippen LogP contribution in [0.4, 0.5) is 5.69 Å². The Kier molecular flexibility index (Phi) is 3.16. The highest BCUT2D eigenvalue weighted by Gasteiger charge is 2.48.